The summed E-state index contributed by atoms with van der Waals surface area (Å²) in [7, 11) is 0. The average molecular weight is 448 g/mol. The summed E-state index contributed by atoms with van der Waals surface area (Å²) >= 11 is 1.58. The van der Waals surface area contributed by atoms with Gasteiger partial charge in [-0.2, -0.15) is 0 Å². The Balaban J connectivity index is 1.42. The highest BCUT2D eigenvalue weighted by Crippen LogP contribution is 2.32. The van der Waals surface area contributed by atoms with Crippen molar-refractivity contribution in [3.63, 3.8) is 0 Å². The molecular weight excluding hydrogens is 418 g/mol. The molecule has 166 valence electrons. The fourth-order valence-electron chi connectivity index (χ4n) is 4.31. The summed E-state index contributed by atoms with van der Waals surface area (Å²) < 4.78 is 0. The molecule has 2 amide bonds. The van der Waals surface area contributed by atoms with Crippen molar-refractivity contribution in [1.29, 1.82) is 0 Å². The van der Waals surface area contributed by atoms with Crippen molar-refractivity contribution >= 4 is 28.8 Å². The van der Waals surface area contributed by atoms with Gasteiger partial charge in [-0.15, -0.1) is 11.3 Å². The predicted molar refractivity (Wildman–Crippen MR) is 130 cm³/mol. The lowest BCUT2D eigenvalue weighted by atomic mass is 10.0. The first-order valence-corrected chi connectivity index (χ1v) is 12.1. The van der Waals surface area contributed by atoms with Crippen molar-refractivity contribution in [3.05, 3.63) is 70.2 Å². The minimum atomic E-state index is -0.341. The molecule has 0 saturated carbocycles. The van der Waals surface area contributed by atoms with Crippen LogP contribution in [0.3, 0.4) is 0 Å². The van der Waals surface area contributed by atoms with E-state index in [1.807, 2.05) is 28.5 Å². The van der Waals surface area contributed by atoms with Crippen LogP contribution in [0.5, 0.6) is 0 Å². The minimum Gasteiger partial charge on any atom is -0.350 e. The van der Waals surface area contributed by atoms with Crippen LogP contribution in [0.15, 0.2) is 47.8 Å². The number of hydrogen-bond acceptors (Lipinski definition) is 4. The minimum absolute atomic E-state index is 0.0243. The molecule has 4 rings (SSSR count). The summed E-state index contributed by atoms with van der Waals surface area (Å²) in [6.07, 6.45) is 1.96. The van der Waals surface area contributed by atoms with Gasteiger partial charge < -0.3 is 10.2 Å². The van der Waals surface area contributed by atoms with E-state index >= 15 is 0 Å². The Labute approximate surface area is 193 Å². The second-order valence-electron chi connectivity index (χ2n) is 8.21. The Hall–Kier alpha value is -2.99. The van der Waals surface area contributed by atoms with Gasteiger partial charge in [0.05, 0.1) is 18.2 Å². The first-order valence-electron chi connectivity index (χ1n) is 11.2. The zero-order valence-electron chi connectivity index (χ0n) is 18.9. The lowest BCUT2D eigenvalue weighted by Crippen LogP contribution is -2.33. The molecule has 1 unspecified atom stereocenters. The number of rotatable bonds is 7. The molecule has 6 heteroatoms. The van der Waals surface area contributed by atoms with Gasteiger partial charge in [0.15, 0.2) is 0 Å². The maximum Gasteiger partial charge on any atom is 0.227 e. The quantitative estimate of drug-likeness (QED) is 0.560. The Kier molecular flexibility index (Phi) is 6.70. The van der Waals surface area contributed by atoms with Gasteiger partial charge in [-0.05, 0) is 36.5 Å². The molecular formula is C26H29N3O2S. The van der Waals surface area contributed by atoms with E-state index in [-0.39, 0.29) is 24.2 Å². The number of anilines is 1. The molecule has 0 aliphatic carbocycles. The topological polar surface area (TPSA) is 62.3 Å². The molecule has 1 saturated heterocycles. The normalized spacial score (nSPS) is 15.9. The van der Waals surface area contributed by atoms with E-state index in [2.05, 4.69) is 55.3 Å². The third kappa shape index (κ3) is 4.46. The molecule has 1 fully saturated rings. The van der Waals surface area contributed by atoms with E-state index in [1.165, 1.54) is 5.56 Å². The molecule has 1 aliphatic heterocycles. The second kappa shape index (κ2) is 9.65. The Morgan fingerprint density at radius 2 is 1.84 bits per heavy atom. The molecule has 1 aromatic heterocycles. The van der Waals surface area contributed by atoms with Crippen LogP contribution in [-0.4, -0.2) is 23.3 Å². The maximum absolute atomic E-state index is 12.9. The fraction of sp³-hybridized carbons (Fsp3) is 0.346. The third-order valence-corrected chi connectivity index (χ3v) is 7.03. The van der Waals surface area contributed by atoms with Crippen molar-refractivity contribution in [2.45, 2.75) is 46.6 Å². The molecule has 1 N–H and O–H groups in total. The molecule has 5 nitrogen and oxygen atoms in total. The standard InChI is InChI=1S/C26H29N3O2S/c1-4-18-10-8-11-19(5-2)24(18)29-15-20(13-23(29)30)25(31)27-14-21-16-32-26(28-21)22-12-7-6-9-17(22)3/h6-12,16,20H,4-5,13-15H2,1-3H3,(H,27,31). The number of thiazole rings is 1. The largest absolute Gasteiger partial charge is 0.350 e. The SMILES string of the molecule is CCc1cccc(CC)c1N1CC(C(=O)NCc2csc(-c3ccccc3C)n2)CC1=O. The zero-order valence-corrected chi connectivity index (χ0v) is 19.7. The smallest absolute Gasteiger partial charge is 0.227 e. The van der Waals surface area contributed by atoms with E-state index in [1.54, 1.807) is 11.3 Å². The number of amides is 2. The summed E-state index contributed by atoms with van der Waals surface area (Å²) in [5.74, 6) is -0.402. The molecule has 1 aliphatic rings. The number of carbonyl (C=O) groups excluding carboxylic acids is 2. The van der Waals surface area contributed by atoms with Crippen molar-refractivity contribution in [3.8, 4) is 10.6 Å². The average Bonchev–Trinajstić information content (AvgIpc) is 3.43. The maximum atomic E-state index is 12.9. The lowest BCUT2D eigenvalue weighted by molar-refractivity contribution is -0.126. The number of aryl methyl sites for hydroxylation is 3. The first kappa shape index (κ1) is 22.2. The summed E-state index contributed by atoms with van der Waals surface area (Å²) in [5, 5.41) is 5.94. The summed E-state index contributed by atoms with van der Waals surface area (Å²) in [5.41, 5.74) is 6.46. The molecule has 0 bridgehead atoms. The van der Waals surface area contributed by atoms with Crippen LogP contribution >= 0.6 is 11.3 Å². The van der Waals surface area contributed by atoms with E-state index < -0.39 is 0 Å². The lowest BCUT2D eigenvalue weighted by Gasteiger charge is -2.23. The molecule has 32 heavy (non-hydrogen) atoms. The highest BCUT2D eigenvalue weighted by atomic mass is 32.1. The second-order valence-corrected chi connectivity index (χ2v) is 9.07. The fourth-order valence-corrected chi connectivity index (χ4v) is 5.22. The van der Waals surface area contributed by atoms with Crippen molar-refractivity contribution in [1.82, 2.24) is 10.3 Å². The zero-order chi connectivity index (χ0) is 22.7. The van der Waals surface area contributed by atoms with Crippen LogP contribution in [0.2, 0.25) is 0 Å². The van der Waals surface area contributed by atoms with Gasteiger partial charge in [0.1, 0.15) is 5.01 Å². The summed E-state index contributed by atoms with van der Waals surface area (Å²) in [6, 6.07) is 14.4. The van der Waals surface area contributed by atoms with Crippen LogP contribution in [0.25, 0.3) is 10.6 Å². The van der Waals surface area contributed by atoms with Crippen LogP contribution < -0.4 is 10.2 Å². The van der Waals surface area contributed by atoms with Crippen LogP contribution in [-0.2, 0) is 29.0 Å². The molecule has 3 aromatic rings. The predicted octanol–water partition coefficient (Wildman–Crippen LogP) is 4.91. The van der Waals surface area contributed by atoms with Gasteiger partial charge in [-0.25, -0.2) is 4.98 Å². The molecule has 0 radical (unpaired) electrons. The van der Waals surface area contributed by atoms with Crippen LogP contribution in [0.4, 0.5) is 5.69 Å². The van der Waals surface area contributed by atoms with Gasteiger partial charge in [0.25, 0.3) is 0 Å². The number of para-hydroxylation sites is 1. The van der Waals surface area contributed by atoms with Crippen LogP contribution in [0.1, 0.15) is 42.7 Å². The van der Waals surface area contributed by atoms with Crippen LogP contribution in [0, 0.1) is 12.8 Å². The number of nitrogens with zero attached hydrogens (tertiary/aromatic N) is 2. The van der Waals surface area contributed by atoms with Gasteiger partial charge in [-0.1, -0.05) is 56.3 Å². The molecule has 2 aromatic carbocycles. The van der Waals surface area contributed by atoms with Gasteiger partial charge >= 0.3 is 0 Å². The molecule has 1 atom stereocenters. The van der Waals surface area contributed by atoms with E-state index in [0.29, 0.717) is 13.1 Å². The highest BCUT2D eigenvalue weighted by molar-refractivity contribution is 7.13. The third-order valence-electron chi connectivity index (χ3n) is 6.10. The van der Waals surface area contributed by atoms with Crippen molar-refractivity contribution < 1.29 is 9.59 Å². The van der Waals surface area contributed by atoms with Gasteiger partial charge in [-0.3, -0.25) is 9.59 Å². The number of aromatic nitrogens is 1. The summed E-state index contributed by atoms with van der Waals surface area (Å²) in [4.78, 5) is 32.2. The first-order chi connectivity index (χ1) is 15.5. The van der Waals surface area contributed by atoms with E-state index in [0.717, 1.165) is 45.9 Å². The number of carbonyl (C=O) groups is 2. The summed E-state index contributed by atoms with van der Waals surface area (Å²) in [6.45, 7) is 7.07. The van der Waals surface area contributed by atoms with Crippen molar-refractivity contribution in [2.75, 3.05) is 11.4 Å². The van der Waals surface area contributed by atoms with E-state index in [9.17, 15) is 9.59 Å². The van der Waals surface area contributed by atoms with Crippen molar-refractivity contribution in [2.24, 2.45) is 5.92 Å². The molecule has 2 heterocycles. The monoisotopic (exact) mass is 447 g/mol. The number of hydrogen-bond donors (Lipinski definition) is 1. The number of nitrogens with one attached hydrogen (secondary N) is 1. The Bertz CT molecular complexity index is 1120. The highest BCUT2D eigenvalue weighted by Gasteiger charge is 2.36. The van der Waals surface area contributed by atoms with Gasteiger partial charge in [0.2, 0.25) is 11.8 Å². The number of benzene rings is 2. The Morgan fingerprint density at radius 3 is 2.53 bits per heavy atom. The molecule has 0 spiro atoms. The van der Waals surface area contributed by atoms with Gasteiger partial charge in [0, 0.05) is 29.6 Å². The Morgan fingerprint density at radius 1 is 1.12 bits per heavy atom. The van der Waals surface area contributed by atoms with E-state index in [4.69, 9.17) is 0 Å².